The van der Waals surface area contributed by atoms with Crippen LogP contribution in [0.15, 0.2) is 77.1 Å². The second kappa shape index (κ2) is 11.8. The Morgan fingerprint density at radius 3 is 2.45 bits per heavy atom. The summed E-state index contributed by atoms with van der Waals surface area (Å²) in [5.41, 5.74) is 3.46. The fraction of sp³-hybridized carbons (Fsp3) is 0.273. The highest BCUT2D eigenvalue weighted by Gasteiger charge is 2.06. The third kappa shape index (κ3) is 7.98. The van der Waals surface area contributed by atoms with Gasteiger partial charge in [0.15, 0.2) is 15.8 Å². The third-order valence-corrected chi connectivity index (χ3v) is 5.79. The van der Waals surface area contributed by atoms with Gasteiger partial charge >= 0.3 is 0 Å². The van der Waals surface area contributed by atoms with Gasteiger partial charge in [-0.05, 0) is 35.2 Å². The maximum Gasteiger partial charge on any atom is 0.191 e. The Morgan fingerprint density at radius 2 is 1.81 bits per heavy atom. The summed E-state index contributed by atoms with van der Waals surface area (Å²) in [6.07, 6.45) is 7.52. The van der Waals surface area contributed by atoms with E-state index in [-0.39, 0.29) is 24.0 Å². The molecule has 0 bridgehead atoms. The Hall–Kier alpha value is -2.40. The number of rotatable bonds is 8. The van der Waals surface area contributed by atoms with E-state index < -0.39 is 9.84 Å². The van der Waals surface area contributed by atoms with Crippen molar-refractivity contribution in [2.75, 3.05) is 19.8 Å². The molecule has 0 aliphatic rings. The number of hydrogen-bond acceptors (Lipinski definition) is 4. The maximum absolute atomic E-state index is 11.5. The molecule has 0 radical (unpaired) electrons. The summed E-state index contributed by atoms with van der Waals surface area (Å²) in [7, 11) is -1.42. The van der Waals surface area contributed by atoms with Gasteiger partial charge in [-0.3, -0.25) is 4.99 Å². The van der Waals surface area contributed by atoms with Crippen LogP contribution in [0.1, 0.15) is 16.7 Å². The molecule has 166 valence electrons. The fourth-order valence-corrected chi connectivity index (χ4v) is 3.69. The molecule has 3 rings (SSSR count). The Labute approximate surface area is 201 Å². The fourth-order valence-electron chi connectivity index (χ4n) is 3.06. The van der Waals surface area contributed by atoms with Gasteiger partial charge in [0.25, 0.3) is 0 Å². The predicted molar refractivity (Wildman–Crippen MR) is 135 cm³/mol. The molecule has 0 aliphatic heterocycles. The largest absolute Gasteiger partial charge is 0.356 e. The molecular weight excluding hydrogens is 525 g/mol. The predicted octanol–water partition coefficient (Wildman–Crippen LogP) is 2.86. The average Bonchev–Trinajstić information content (AvgIpc) is 3.23. The lowest BCUT2D eigenvalue weighted by Crippen LogP contribution is -2.37. The Morgan fingerprint density at radius 1 is 1.06 bits per heavy atom. The number of benzene rings is 2. The van der Waals surface area contributed by atoms with Crippen LogP contribution in [0.25, 0.3) is 0 Å². The van der Waals surface area contributed by atoms with Crippen LogP contribution >= 0.6 is 24.0 Å². The molecule has 9 heteroatoms. The highest BCUT2D eigenvalue weighted by atomic mass is 127. The van der Waals surface area contributed by atoms with Crippen molar-refractivity contribution in [1.29, 1.82) is 0 Å². The van der Waals surface area contributed by atoms with E-state index in [1.165, 1.54) is 17.4 Å². The third-order valence-electron chi connectivity index (χ3n) is 4.66. The molecule has 31 heavy (non-hydrogen) atoms. The van der Waals surface area contributed by atoms with Gasteiger partial charge in [-0.15, -0.1) is 24.0 Å². The second-order valence-corrected chi connectivity index (χ2v) is 9.09. The summed E-state index contributed by atoms with van der Waals surface area (Å²) in [5.74, 6) is 0.725. The lowest BCUT2D eigenvalue weighted by molar-refractivity contribution is 0.602. The van der Waals surface area contributed by atoms with Crippen LogP contribution in [0.4, 0.5) is 0 Å². The zero-order valence-electron chi connectivity index (χ0n) is 17.7. The van der Waals surface area contributed by atoms with Crippen LogP contribution in [0.3, 0.4) is 0 Å². The Kier molecular flexibility index (Phi) is 9.50. The van der Waals surface area contributed by atoms with E-state index in [2.05, 4.69) is 44.9 Å². The number of halogens is 1. The van der Waals surface area contributed by atoms with E-state index in [1.807, 2.05) is 29.2 Å². The number of imidazole rings is 1. The van der Waals surface area contributed by atoms with Crippen LogP contribution in [0.5, 0.6) is 0 Å². The summed E-state index contributed by atoms with van der Waals surface area (Å²) in [6.45, 7) is 2.15. The first kappa shape index (κ1) is 24.9. The molecule has 2 N–H and O–H groups in total. The highest BCUT2D eigenvalue weighted by Crippen LogP contribution is 2.10. The van der Waals surface area contributed by atoms with Crippen LogP contribution < -0.4 is 10.6 Å². The summed E-state index contributed by atoms with van der Waals surface area (Å²) in [5, 5.41) is 6.62. The molecule has 0 unspecified atom stereocenters. The summed E-state index contributed by atoms with van der Waals surface area (Å²) in [4.78, 5) is 8.68. The van der Waals surface area contributed by atoms with Gasteiger partial charge in [0.2, 0.25) is 0 Å². The number of guanidine groups is 1. The van der Waals surface area contributed by atoms with E-state index in [4.69, 9.17) is 0 Å². The van der Waals surface area contributed by atoms with Crippen molar-refractivity contribution in [1.82, 2.24) is 20.2 Å². The summed E-state index contributed by atoms with van der Waals surface area (Å²) < 4.78 is 25.1. The minimum Gasteiger partial charge on any atom is -0.356 e. The van der Waals surface area contributed by atoms with Crippen molar-refractivity contribution in [3.63, 3.8) is 0 Å². The number of nitrogens with one attached hydrogen (secondary N) is 2. The maximum atomic E-state index is 11.5. The van der Waals surface area contributed by atoms with Crippen LogP contribution in [-0.4, -0.2) is 43.8 Å². The minimum absolute atomic E-state index is 0. The molecule has 7 nitrogen and oxygen atoms in total. The van der Waals surface area contributed by atoms with Gasteiger partial charge in [0.05, 0.1) is 11.2 Å². The molecular formula is C22H28IN5O2S. The van der Waals surface area contributed by atoms with Crippen LogP contribution in [-0.2, 0) is 29.3 Å². The molecule has 0 saturated carbocycles. The molecule has 1 heterocycles. The van der Waals surface area contributed by atoms with Crippen molar-refractivity contribution in [2.24, 2.45) is 4.99 Å². The topological polar surface area (TPSA) is 88.4 Å². The van der Waals surface area contributed by atoms with Crippen LogP contribution in [0.2, 0.25) is 0 Å². The smallest absolute Gasteiger partial charge is 0.191 e. The molecule has 2 aromatic carbocycles. The number of nitrogens with zero attached hydrogens (tertiary/aromatic N) is 3. The summed E-state index contributed by atoms with van der Waals surface area (Å²) in [6, 6.07) is 15.4. The standard InChI is InChI=1S/C22H27N5O2S.HI/c1-23-22(25-11-10-18-6-8-21(9-7-18)30(2,28)29)26-15-19-4-3-5-20(14-19)16-27-13-12-24-17-27;/h3-9,12-14,17H,10-11,15-16H2,1-2H3,(H2,23,25,26);1H. The van der Waals surface area contributed by atoms with Crippen LogP contribution in [0, 0.1) is 0 Å². The van der Waals surface area contributed by atoms with Crippen molar-refractivity contribution in [2.45, 2.75) is 24.4 Å². The molecule has 0 amide bonds. The van der Waals surface area contributed by atoms with E-state index in [0.717, 1.165) is 24.5 Å². The van der Waals surface area contributed by atoms with Crippen molar-refractivity contribution >= 4 is 39.8 Å². The van der Waals surface area contributed by atoms with Crippen molar-refractivity contribution < 1.29 is 8.42 Å². The number of sulfone groups is 1. The van der Waals surface area contributed by atoms with E-state index in [1.54, 1.807) is 25.4 Å². The Bertz CT molecular complexity index is 1080. The monoisotopic (exact) mass is 553 g/mol. The second-order valence-electron chi connectivity index (χ2n) is 7.07. The van der Waals surface area contributed by atoms with Gasteiger partial charge in [-0.2, -0.15) is 0 Å². The number of hydrogen-bond donors (Lipinski definition) is 2. The normalized spacial score (nSPS) is 11.6. The molecule has 0 saturated heterocycles. The minimum atomic E-state index is -3.16. The zero-order valence-corrected chi connectivity index (χ0v) is 20.8. The van der Waals surface area contributed by atoms with Crippen molar-refractivity contribution in [3.05, 3.63) is 83.9 Å². The highest BCUT2D eigenvalue weighted by molar-refractivity contribution is 14.0. The molecule has 1 aromatic heterocycles. The number of aliphatic imine (C=N–C) groups is 1. The average molecular weight is 553 g/mol. The van der Waals surface area contributed by atoms with Gasteiger partial charge in [-0.25, -0.2) is 13.4 Å². The van der Waals surface area contributed by atoms with E-state index in [9.17, 15) is 8.42 Å². The summed E-state index contributed by atoms with van der Waals surface area (Å²) >= 11 is 0. The lowest BCUT2D eigenvalue weighted by atomic mass is 10.1. The Balaban J connectivity index is 0.00000341. The van der Waals surface area contributed by atoms with Gasteiger partial charge in [-0.1, -0.05) is 36.4 Å². The number of aromatic nitrogens is 2. The molecule has 3 aromatic rings. The molecule has 0 spiro atoms. The van der Waals surface area contributed by atoms with Crippen molar-refractivity contribution in [3.8, 4) is 0 Å². The molecule has 0 atom stereocenters. The zero-order chi connectivity index (χ0) is 21.4. The van der Waals surface area contributed by atoms with E-state index in [0.29, 0.717) is 18.0 Å². The molecule has 0 aliphatic carbocycles. The quantitative estimate of drug-likeness (QED) is 0.255. The SMILES string of the molecule is CN=C(NCCc1ccc(S(C)(=O)=O)cc1)NCc1cccc(Cn2ccnc2)c1.I. The van der Waals surface area contributed by atoms with Gasteiger partial charge < -0.3 is 15.2 Å². The first-order valence-corrected chi connectivity index (χ1v) is 11.6. The molecule has 0 fully saturated rings. The first-order valence-electron chi connectivity index (χ1n) is 9.71. The van der Waals surface area contributed by atoms with E-state index >= 15 is 0 Å². The van der Waals surface area contributed by atoms with Gasteiger partial charge in [0.1, 0.15) is 0 Å². The lowest BCUT2D eigenvalue weighted by Gasteiger charge is -2.13. The first-order chi connectivity index (χ1) is 14.4. The van der Waals surface area contributed by atoms with Gasteiger partial charge in [0, 0.05) is 45.3 Å².